The molecule has 6 N–H and O–H groups in total. The van der Waals surface area contributed by atoms with Crippen LogP contribution in [0.4, 0.5) is 0 Å². The highest BCUT2D eigenvalue weighted by Gasteiger charge is 2.47. The fourth-order valence-electron chi connectivity index (χ4n) is 10.1. The summed E-state index contributed by atoms with van der Waals surface area (Å²) >= 11 is 0. The van der Waals surface area contributed by atoms with E-state index in [-0.39, 0.29) is 19.4 Å². The van der Waals surface area contributed by atoms with Gasteiger partial charge in [0.25, 0.3) is 0 Å². The molecule has 0 spiro atoms. The summed E-state index contributed by atoms with van der Waals surface area (Å²) in [5, 5.41) is 57.0. The van der Waals surface area contributed by atoms with E-state index in [2.05, 4.69) is 92.9 Å². The Bertz CT molecular complexity index is 1720. The van der Waals surface area contributed by atoms with Crippen molar-refractivity contribution in [1.29, 1.82) is 0 Å². The second kappa shape index (κ2) is 58.9. The highest BCUT2D eigenvalue weighted by Crippen LogP contribution is 2.26. The van der Waals surface area contributed by atoms with Gasteiger partial charge in [0, 0.05) is 12.8 Å². The second-order valence-corrected chi connectivity index (χ2v) is 23.2. The minimum absolute atomic E-state index is 0.0547. The third-order valence-corrected chi connectivity index (χ3v) is 15.5. The molecule has 0 aromatic rings. The summed E-state index contributed by atoms with van der Waals surface area (Å²) in [4.78, 5) is 26.6. The molecule has 1 aliphatic rings. The van der Waals surface area contributed by atoms with E-state index in [1.54, 1.807) is 12.2 Å². The van der Waals surface area contributed by atoms with E-state index in [1.165, 1.54) is 161 Å². The van der Waals surface area contributed by atoms with E-state index in [4.69, 9.17) is 14.2 Å². The zero-order valence-corrected chi connectivity index (χ0v) is 53.0. The van der Waals surface area contributed by atoms with Gasteiger partial charge in [-0.15, -0.1) is 0 Å². The Kier molecular flexibility index (Phi) is 55.1. The predicted octanol–water partition coefficient (Wildman–Crippen LogP) is 17.1. The van der Waals surface area contributed by atoms with E-state index >= 15 is 0 Å². The van der Waals surface area contributed by atoms with E-state index in [0.29, 0.717) is 12.8 Å². The topological polar surface area (TPSA) is 175 Å². The average molecular weight is 1160 g/mol. The van der Waals surface area contributed by atoms with Gasteiger partial charge in [-0.05, 0) is 83.5 Å². The number of hydrogen-bond donors (Lipinski definition) is 6. The Hall–Kier alpha value is -3.42. The normalized spacial score (nSPS) is 19.2. The molecular weight excluding hydrogens is 1040 g/mol. The maximum Gasteiger partial charge on any atom is 0.306 e. The lowest BCUT2D eigenvalue weighted by molar-refractivity contribution is -0.305. The van der Waals surface area contributed by atoms with Crippen LogP contribution in [0, 0.1) is 0 Å². The van der Waals surface area contributed by atoms with Gasteiger partial charge in [0.15, 0.2) is 12.4 Å². The van der Waals surface area contributed by atoms with Crippen LogP contribution in [0.5, 0.6) is 0 Å². The number of allylic oxidation sites excluding steroid dienone is 14. The fraction of sp³-hybridized carbons (Fsp3) is 0.750. The molecule has 83 heavy (non-hydrogen) atoms. The lowest BCUT2D eigenvalue weighted by atomic mass is 9.99. The molecule has 1 aliphatic heterocycles. The molecule has 478 valence electrons. The number of rotatable bonds is 57. The van der Waals surface area contributed by atoms with Crippen molar-refractivity contribution in [2.75, 3.05) is 13.2 Å². The molecule has 1 heterocycles. The van der Waals surface area contributed by atoms with Crippen molar-refractivity contribution in [3.8, 4) is 0 Å². The molecule has 8 unspecified atom stereocenters. The van der Waals surface area contributed by atoms with Crippen LogP contribution in [0.25, 0.3) is 0 Å². The predicted molar refractivity (Wildman–Crippen MR) is 347 cm³/mol. The lowest BCUT2D eigenvalue weighted by Gasteiger charge is -2.41. The van der Waals surface area contributed by atoms with Crippen molar-refractivity contribution >= 4 is 11.9 Å². The number of unbranched alkanes of at least 4 members (excludes halogenated alkanes) is 30. The summed E-state index contributed by atoms with van der Waals surface area (Å²) in [6.07, 6.45) is 69.1. The number of nitrogens with one attached hydrogen (secondary N) is 1. The van der Waals surface area contributed by atoms with Crippen molar-refractivity contribution < 1.29 is 49.3 Å². The number of carbonyl (C=O) groups is 2. The fourth-order valence-corrected chi connectivity index (χ4v) is 10.1. The van der Waals surface area contributed by atoms with Gasteiger partial charge in [-0.1, -0.05) is 285 Å². The van der Waals surface area contributed by atoms with Crippen LogP contribution in [0.15, 0.2) is 97.2 Å². The standard InChI is InChI=1S/C72H125NO10/c1-4-7-10-13-16-19-22-24-26-28-30-31-32-33-34-35-36-38-40-42-45-48-51-54-57-60-67(77)83-70-69(79)68(78)66(61-74)82-72(70)81-62-63(64(75)58-55-52-49-46-43-21-18-15-12-9-6-3)73-71(80)65(76)59-56-53-50-47-44-41-39-37-29-27-25-23-20-17-14-11-8-5-2/h8,11,17,20,24-27,37,39,44,47,53,55-56,58,63-66,68-70,72,74-76,78-79H,4-7,9-10,12-16,18-19,21-23,28-36,38,40-43,45-46,48-52,54,57,59-62H2,1-3H3,(H,73,80)/b11-8-,20-17-,26-24+,27-25-,39-37-,47-44-,56-53-,58-55+. The summed E-state index contributed by atoms with van der Waals surface area (Å²) in [6, 6.07) is -1.07. The number of amides is 1. The van der Waals surface area contributed by atoms with Crippen molar-refractivity contribution in [1.82, 2.24) is 5.32 Å². The zero-order valence-electron chi connectivity index (χ0n) is 53.0. The molecule has 0 radical (unpaired) electrons. The molecule has 0 aromatic heterocycles. The summed E-state index contributed by atoms with van der Waals surface area (Å²) in [6.45, 7) is 5.63. The monoisotopic (exact) mass is 1160 g/mol. The molecule has 0 saturated carbocycles. The first-order valence-corrected chi connectivity index (χ1v) is 34.0. The SMILES string of the molecule is CC/C=C\C/C=C\C/C=C\C/C=C\C/C=C\C/C=C\CC(O)C(=O)NC(COC1OC(CO)C(O)C(O)C1OC(=O)CCCCCCCCCCCCCCCCC/C=C/CCCCCCCC)C(O)/C=C/CCCCCCCCCCC. The Labute approximate surface area is 507 Å². The van der Waals surface area contributed by atoms with Crippen LogP contribution < -0.4 is 5.32 Å². The maximum absolute atomic E-state index is 13.4. The van der Waals surface area contributed by atoms with E-state index < -0.39 is 67.4 Å². The van der Waals surface area contributed by atoms with Crippen molar-refractivity contribution in [2.45, 2.75) is 333 Å². The van der Waals surface area contributed by atoms with Gasteiger partial charge in [0.1, 0.15) is 24.4 Å². The third-order valence-electron chi connectivity index (χ3n) is 15.5. The van der Waals surface area contributed by atoms with Crippen LogP contribution in [-0.2, 0) is 23.8 Å². The molecule has 1 rings (SSSR count). The molecule has 1 amide bonds. The maximum atomic E-state index is 13.4. The number of ether oxygens (including phenoxy) is 3. The van der Waals surface area contributed by atoms with Crippen LogP contribution in [0.3, 0.4) is 0 Å². The summed E-state index contributed by atoms with van der Waals surface area (Å²) in [7, 11) is 0. The molecule has 1 saturated heterocycles. The van der Waals surface area contributed by atoms with Gasteiger partial charge in [-0.2, -0.15) is 0 Å². The number of carbonyl (C=O) groups excluding carboxylic acids is 2. The number of hydrogen-bond acceptors (Lipinski definition) is 10. The average Bonchev–Trinajstić information content (AvgIpc) is 3.64. The first kappa shape index (κ1) is 77.6. The molecule has 11 heteroatoms. The Balaban J connectivity index is 2.61. The molecule has 8 atom stereocenters. The smallest absolute Gasteiger partial charge is 0.306 e. The highest BCUT2D eigenvalue weighted by atomic mass is 16.7. The number of aliphatic hydroxyl groups excluding tert-OH is 5. The van der Waals surface area contributed by atoms with Gasteiger partial charge >= 0.3 is 5.97 Å². The summed E-state index contributed by atoms with van der Waals surface area (Å²) in [5.74, 6) is -1.28. The summed E-state index contributed by atoms with van der Waals surface area (Å²) in [5.41, 5.74) is 0. The second-order valence-electron chi connectivity index (χ2n) is 23.2. The van der Waals surface area contributed by atoms with Gasteiger partial charge in [0.2, 0.25) is 5.91 Å². The van der Waals surface area contributed by atoms with E-state index in [0.717, 1.165) is 77.0 Å². The van der Waals surface area contributed by atoms with Gasteiger partial charge < -0.3 is 45.1 Å². The Morgan fingerprint density at radius 3 is 1.29 bits per heavy atom. The van der Waals surface area contributed by atoms with Gasteiger partial charge in [-0.25, -0.2) is 0 Å². The summed E-state index contributed by atoms with van der Waals surface area (Å²) < 4.78 is 17.6. The van der Waals surface area contributed by atoms with Crippen LogP contribution in [-0.4, -0.2) is 99.6 Å². The molecule has 11 nitrogen and oxygen atoms in total. The molecular formula is C72H125NO10. The number of esters is 1. The minimum atomic E-state index is -1.63. The van der Waals surface area contributed by atoms with Gasteiger partial charge in [-0.3, -0.25) is 9.59 Å². The van der Waals surface area contributed by atoms with E-state index in [9.17, 15) is 35.1 Å². The van der Waals surface area contributed by atoms with Crippen LogP contribution in [0.2, 0.25) is 0 Å². The largest absolute Gasteiger partial charge is 0.454 e. The van der Waals surface area contributed by atoms with Crippen LogP contribution in [0.1, 0.15) is 284 Å². The molecule has 0 aromatic carbocycles. The van der Waals surface area contributed by atoms with E-state index in [1.807, 2.05) is 18.2 Å². The molecule has 0 bridgehead atoms. The lowest BCUT2D eigenvalue weighted by Crippen LogP contribution is -2.61. The third kappa shape index (κ3) is 46.5. The Morgan fingerprint density at radius 2 is 0.867 bits per heavy atom. The first-order chi connectivity index (χ1) is 40.7. The number of aliphatic hydroxyl groups is 5. The highest BCUT2D eigenvalue weighted by molar-refractivity contribution is 5.81. The van der Waals surface area contributed by atoms with Crippen LogP contribution >= 0.6 is 0 Å². The zero-order chi connectivity index (χ0) is 60.3. The quantitative estimate of drug-likeness (QED) is 0.0195. The van der Waals surface area contributed by atoms with Gasteiger partial charge in [0.05, 0.1) is 25.4 Å². The molecule has 0 aliphatic carbocycles. The minimum Gasteiger partial charge on any atom is -0.454 e. The van der Waals surface area contributed by atoms with Crippen molar-refractivity contribution in [2.24, 2.45) is 0 Å². The first-order valence-electron chi connectivity index (χ1n) is 34.0. The van der Waals surface area contributed by atoms with Crippen molar-refractivity contribution in [3.63, 3.8) is 0 Å². The van der Waals surface area contributed by atoms with Crippen molar-refractivity contribution in [3.05, 3.63) is 97.2 Å². The Morgan fingerprint density at radius 1 is 0.482 bits per heavy atom. The molecule has 1 fully saturated rings.